The molecule has 0 aromatic heterocycles. The topological polar surface area (TPSA) is 52.7 Å². The third kappa shape index (κ3) is 2.25. The van der Waals surface area contributed by atoms with Crippen molar-refractivity contribution in [3.63, 3.8) is 0 Å². The van der Waals surface area contributed by atoms with Crippen LogP contribution in [0.2, 0.25) is 0 Å². The molecule has 2 unspecified atom stereocenters. The summed E-state index contributed by atoms with van der Waals surface area (Å²) >= 11 is 0. The maximum absolute atomic E-state index is 12.3. The van der Waals surface area contributed by atoms with Gasteiger partial charge in [-0.1, -0.05) is 12.1 Å². The number of hydrogen-bond donors (Lipinski definition) is 1. The van der Waals surface area contributed by atoms with E-state index in [1.807, 2.05) is 12.1 Å². The van der Waals surface area contributed by atoms with Crippen LogP contribution in [0, 0.1) is 11.8 Å². The quantitative estimate of drug-likeness (QED) is 0.840. The van der Waals surface area contributed by atoms with E-state index in [0.29, 0.717) is 17.7 Å². The first-order valence-electron chi connectivity index (χ1n) is 8.12. The molecule has 2 saturated heterocycles. The number of benzene rings is 1. The summed E-state index contributed by atoms with van der Waals surface area (Å²) in [5.74, 6) is 1.27. The normalized spacial score (nSPS) is 28.1. The molecule has 0 bridgehead atoms. The van der Waals surface area contributed by atoms with Gasteiger partial charge >= 0.3 is 0 Å². The predicted molar refractivity (Wildman–Crippen MR) is 82.7 cm³/mol. The molecule has 22 heavy (non-hydrogen) atoms. The van der Waals surface area contributed by atoms with Crippen LogP contribution in [-0.2, 0) is 0 Å². The van der Waals surface area contributed by atoms with Gasteiger partial charge in [0.1, 0.15) is 0 Å². The summed E-state index contributed by atoms with van der Waals surface area (Å²) in [6.07, 6.45) is 1.22. The standard InChI is InChI=1S/C17H21N3O2/c21-16-14-3-1-2-4-15(14)17(22)20(16)8-7-19-6-5-12-9-18-10-13(12)11-19/h1-4,12-13,18H,5-11H2. The third-order valence-electron chi connectivity index (χ3n) is 5.31. The van der Waals surface area contributed by atoms with Gasteiger partial charge in [0.05, 0.1) is 11.1 Å². The Morgan fingerprint density at radius 3 is 2.41 bits per heavy atom. The number of nitrogens with one attached hydrogen (secondary N) is 1. The SMILES string of the molecule is O=C1c2ccccc2C(=O)N1CCN1CCC2CNCC2C1. The summed E-state index contributed by atoms with van der Waals surface area (Å²) in [6.45, 7) is 5.70. The van der Waals surface area contributed by atoms with E-state index in [-0.39, 0.29) is 11.8 Å². The van der Waals surface area contributed by atoms with Crippen molar-refractivity contribution >= 4 is 11.8 Å². The summed E-state index contributed by atoms with van der Waals surface area (Å²) in [4.78, 5) is 28.5. The number of amides is 2. The van der Waals surface area contributed by atoms with Gasteiger partial charge in [-0.05, 0) is 50.0 Å². The van der Waals surface area contributed by atoms with Crippen molar-refractivity contribution in [1.29, 1.82) is 0 Å². The van der Waals surface area contributed by atoms with Crippen LogP contribution in [0.15, 0.2) is 24.3 Å². The highest BCUT2D eigenvalue weighted by atomic mass is 16.2. The summed E-state index contributed by atoms with van der Waals surface area (Å²) in [6, 6.07) is 7.10. The van der Waals surface area contributed by atoms with Gasteiger partial charge in [-0.15, -0.1) is 0 Å². The fourth-order valence-corrected chi connectivity index (χ4v) is 4.00. The second-order valence-corrected chi connectivity index (χ2v) is 6.58. The molecule has 5 heteroatoms. The van der Waals surface area contributed by atoms with E-state index in [4.69, 9.17) is 0 Å². The zero-order valence-corrected chi connectivity index (χ0v) is 12.6. The molecular weight excluding hydrogens is 278 g/mol. The molecule has 3 heterocycles. The Hall–Kier alpha value is -1.72. The third-order valence-corrected chi connectivity index (χ3v) is 5.31. The van der Waals surface area contributed by atoms with E-state index >= 15 is 0 Å². The Morgan fingerprint density at radius 1 is 1.00 bits per heavy atom. The molecule has 0 saturated carbocycles. The van der Waals surface area contributed by atoms with Gasteiger partial charge in [0.2, 0.25) is 0 Å². The van der Waals surface area contributed by atoms with Crippen molar-refractivity contribution in [2.75, 3.05) is 39.3 Å². The van der Waals surface area contributed by atoms with E-state index in [1.54, 1.807) is 12.1 Å². The van der Waals surface area contributed by atoms with Crippen molar-refractivity contribution in [3.05, 3.63) is 35.4 Å². The predicted octanol–water partition coefficient (Wildman–Crippen LogP) is 0.824. The first kappa shape index (κ1) is 13.9. The van der Waals surface area contributed by atoms with Crippen molar-refractivity contribution in [2.45, 2.75) is 6.42 Å². The van der Waals surface area contributed by atoms with Crippen LogP contribution < -0.4 is 5.32 Å². The first-order valence-corrected chi connectivity index (χ1v) is 8.12. The smallest absolute Gasteiger partial charge is 0.261 e. The van der Waals surface area contributed by atoms with Crippen molar-refractivity contribution < 1.29 is 9.59 Å². The first-order chi connectivity index (χ1) is 10.7. The molecule has 1 aromatic carbocycles. The van der Waals surface area contributed by atoms with Crippen LogP contribution in [0.1, 0.15) is 27.1 Å². The highest BCUT2D eigenvalue weighted by molar-refractivity contribution is 6.21. The Labute approximate surface area is 130 Å². The molecule has 0 radical (unpaired) electrons. The lowest BCUT2D eigenvalue weighted by Crippen LogP contribution is -2.44. The number of imide groups is 1. The zero-order valence-electron chi connectivity index (χ0n) is 12.6. The van der Waals surface area contributed by atoms with E-state index in [0.717, 1.165) is 44.6 Å². The monoisotopic (exact) mass is 299 g/mol. The molecule has 3 aliphatic heterocycles. The van der Waals surface area contributed by atoms with Crippen molar-refractivity contribution in [2.24, 2.45) is 11.8 Å². The van der Waals surface area contributed by atoms with Gasteiger partial charge in [0.15, 0.2) is 0 Å². The molecule has 2 amide bonds. The van der Waals surface area contributed by atoms with Crippen LogP contribution >= 0.6 is 0 Å². The molecular formula is C17H21N3O2. The molecule has 3 aliphatic rings. The van der Waals surface area contributed by atoms with Gasteiger partial charge in [0, 0.05) is 19.6 Å². The number of piperidine rings is 1. The highest BCUT2D eigenvalue weighted by Crippen LogP contribution is 2.27. The zero-order chi connectivity index (χ0) is 15.1. The Bertz CT molecular complexity index is 581. The maximum Gasteiger partial charge on any atom is 0.261 e. The Balaban J connectivity index is 1.39. The second-order valence-electron chi connectivity index (χ2n) is 6.58. The Morgan fingerprint density at radius 2 is 1.68 bits per heavy atom. The van der Waals surface area contributed by atoms with E-state index < -0.39 is 0 Å². The molecule has 4 rings (SSSR count). The van der Waals surface area contributed by atoms with Gasteiger partial charge in [-0.3, -0.25) is 14.5 Å². The van der Waals surface area contributed by atoms with E-state index in [1.165, 1.54) is 11.3 Å². The van der Waals surface area contributed by atoms with Gasteiger partial charge < -0.3 is 10.2 Å². The van der Waals surface area contributed by atoms with E-state index in [2.05, 4.69) is 10.2 Å². The number of hydrogen-bond acceptors (Lipinski definition) is 4. The minimum atomic E-state index is -0.141. The van der Waals surface area contributed by atoms with Crippen LogP contribution in [0.4, 0.5) is 0 Å². The Kier molecular flexibility index (Phi) is 3.47. The molecule has 116 valence electrons. The highest BCUT2D eigenvalue weighted by Gasteiger charge is 2.36. The molecule has 2 atom stereocenters. The molecule has 2 fully saturated rings. The number of nitrogens with zero attached hydrogens (tertiary/aromatic N) is 2. The molecule has 0 spiro atoms. The van der Waals surface area contributed by atoms with Gasteiger partial charge in [-0.25, -0.2) is 0 Å². The average Bonchev–Trinajstić information content (AvgIpc) is 3.10. The van der Waals surface area contributed by atoms with Crippen molar-refractivity contribution in [1.82, 2.24) is 15.1 Å². The number of likely N-dealkylation sites (tertiary alicyclic amines) is 1. The minimum absolute atomic E-state index is 0.141. The fourth-order valence-electron chi connectivity index (χ4n) is 4.00. The minimum Gasteiger partial charge on any atom is -0.316 e. The average molecular weight is 299 g/mol. The van der Waals surface area contributed by atoms with Crippen molar-refractivity contribution in [3.8, 4) is 0 Å². The maximum atomic E-state index is 12.3. The molecule has 1 N–H and O–H groups in total. The largest absolute Gasteiger partial charge is 0.316 e. The summed E-state index contributed by atoms with van der Waals surface area (Å²) < 4.78 is 0. The number of carbonyl (C=O) groups excluding carboxylic acids is 2. The lowest BCUT2D eigenvalue weighted by Gasteiger charge is -2.35. The van der Waals surface area contributed by atoms with Crippen LogP contribution in [0.5, 0.6) is 0 Å². The summed E-state index contributed by atoms with van der Waals surface area (Å²) in [5, 5.41) is 3.46. The van der Waals surface area contributed by atoms with Gasteiger partial charge in [0.25, 0.3) is 11.8 Å². The number of rotatable bonds is 3. The van der Waals surface area contributed by atoms with Gasteiger partial charge in [-0.2, -0.15) is 0 Å². The second kappa shape index (κ2) is 5.48. The number of carbonyl (C=O) groups is 2. The molecule has 1 aromatic rings. The molecule has 0 aliphatic carbocycles. The van der Waals surface area contributed by atoms with E-state index in [9.17, 15) is 9.59 Å². The van der Waals surface area contributed by atoms with Crippen LogP contribution in [0.3, 0.4) is 0 Å². The lowest BCUT2D eigenvalue weighted by atomic mass is 9.89. The number of fused-ring (bicyclic) bond motifs is 2. The fraction of sp³-hybridized carbons (Fsp3) is 0.529. The summed E-state index contributed by atoms with van der Waals surface area (Å²) in [5.41, 5.74) is 1.09. The summed E-state index contributed by atoms with van der Waals surface area (Å²) in [7, 11) is 0. The lowest BCUT2D eigenvalue weighted by molar-refractivity contribution is 0.0616. The van der Waals surface area contributed by atoms with Crippen LogP contribution in [0.25, 0.3) is 0 Å². The van der Waals surface area contributed by atoms with Crippen LogP contribution in [-0.4, -0.2) is 60.9 Å². The molecule has 5 nitrogen and oxygen atoms in total.